The highest BCUT2D eigenvalue weighted by Crippen LogP contribution is 2.46. The van der Waals surface area contributed by atoms with Gasteiger partial charge in [-0.3, -0.25) is 0 Å². The van der Waals surface area contributed by atoms with E-state index in [4.69, 9.17) is 10.00 Å². The lowest BCUT2D eigenvalue weighted by Crippen LogP contribution is -2.43. The molecule has 0 aromatic carbocycles. The van der Waals surface area contributed by atoms with Crippen molar-refractivity contribution in [3.05, 3.63) is 0 Å². The second-order valence-electron chi connectivity index (χ2n) is 3.98. The van der Waals surface area contributed by atoms with Crippen LogP contribution in [-0.2, 0) is 4.74 Å². The Morgan fingerprint density at radius 1 is 1.25 bits per heavy atom. The Morgan fingerprint density at radius 2 is 2.08 bits per heavy atom. The van der Waals surface area contributed by atoms with Gasteiger partial charge in [-0.2, -0.15) is 5.26 Å². The van der Waals surface area contributed by atoms with Crippen LogP contribution in [0.2, 0.25) is 0 Å². The molecule has 1 aliphatic heterocycles. The molecule has 12 heavy (non-hydrogen) atoms. The van der Waals surface area contributed by atoms with E-state index in [2.05, 4.69) is 6.07 Å². The maximum Gasteiger partial charge on any atom is 0.0835 e. The van der Waals surface area contributed by atoms with Gasteiger partial charge in [-0.05, 0) is 32.1 Å². The first kappa shape index (κ1) is 8.07. The Labute approximate surface area is 73.5 Å². The Bertz CT molecular complexity index is 196. The molecule has 0 radical (unpaired) electrons. The van der Waals surface area contributed by atoms with Crippen LogP contribution in [0.5, 0.6) is 0 Å². The first-order valence-electron chi connectivity index (χ1n) is 4.90. The van der Waals surface area contributed by atoms with Gasteiger partial charge in [0, 0.05) is 6.61 Å². The molecule has 2 heteroatoms. The van der Waals surface area contributed by atoms with Crippen molar-refractivity contribution in [3.8, 4) is 6.07 Å². The number of hydrogen-bond acceptors (Lipinski definition) is 2. The third-order valence-electron chi connectivity index (χ3n) is 3.26. The normalized spacial score (nSPS) is 33.4. The van der Waals surface area contributed by atoms with Gasteiger partial charge in [-0.1, -0.05) is 6.42 Å². The molecular weight excluding hydrogens is 150 g/mol. The lowest BCUT2D eigenvalue weighted by Gasteiger charge is -2.43. The van der Waals surface area contributed by atoms with Crippen LogP contribution >= 0.6 is 0 Å². The smallest absolute Gasteiger partial charge is 0.0835 e. The minimum atomic E-state index is -0.0829. The average molecular weight is 165 g/mol. The summed E-state index contributed by atoms with van der Waals surface area (Å²) in [6.45, 7) is 0.869. The topological polar surface area (TPSA) is 33.0 Å². The summed E-state index contributed by atoms with van der Waals surface area (Å²) in [5, 5.41) is 9.06. The number of nitrogens with zero attached hydrogens (tertiary/aromatic N) is 1. The van der Waals surface area contributed by atoms with Gasteiger partial charge >= 0.3 is 0 Å². The number of nitriles is 1. The van der Waals surface area contributed by atoms with E-state index in [1.807, 2.05) is 0 Å². The molecule has 0 aromatic rings. The molecule has 1 atom stereocenters. The van der Waals surface area contributed by atoms with E-state index in [-0.39, 0.29) is 11.5 Å². The van der Waals surface area contributed by atoms with Crippen LogP contribution in [0.3, 0.4) is 0 Å². The van der Waals surface area contributed by atoms with Crippen LogP contribution in [-0.4, -0.2) is 12.7 Å². The summed E-state index contributed by atoms with van der Waals surface area (Å²) in [6, 6.07) is 2.46. The van der Waals surface area contributed by atoms with Gasteiger partial charge in [-0.15, -0.1) is 0 Å². The summed E-state index contributed by atoms with van der Waals surface area (Å²) < 4.78 is 5.65. The van der Waals surface area contributed by atoms with Crippen molar-refractivity contribution in [2.45, 2.75) is 44.6 Å². The Morgan fingerprint density at radius 3 is 2.50 bits per heavy atom. The summed E-state index contributed by atoms with van der Waals surface area (Å²) >= 11 is 0. The number of rotatable bonds is 1. The summed E-state index contributed by atoms with van der Waals surface area (Å²) in [5.74, 6) is 0. The molecule has 2 rings (SSSR count). The van der Waals surface area contributed by atoms with Crippen LogP contribution in [0, 0.1) is 16.7 Å². The minimum Gasteiger partial charge on any atom is -0.377 e. The molecule has 1 saturated heterocycles. The van der Waals surface area contributed by atoms with Gasteiger partial charge in [0.1, 0.15) is 0 Å². The third-order valence-corrected chi connectivity index (χ3v) is 3.26. The molecular formula is C10H15NO. The molecule has 1 saturated carbocycles. The summed E-state index contributed by atoms with van der Waals surface area (Å²) in [7, 11) is 0. The minimum absolute atomic E-state index is 0.0829. The van der Waals surface area contributed by atoms with Gasteiger partial charge in [0.05, 0.1) is 17.6 Å². The molecule has 0 amide bonds. The standard InChI is InChI=1S/C10H15NO/c11-8-10(5-3-6-10)9-4-1-2-7-12-9/h9H,1-7H2. The highest BCUT2D eigenvalue weighted by molar-refractivity contribution is 5.09. The molecule has 2 aliphatic rings. The van der Waals surface area contributed by atoms with Crippen molar-refractivity contribution in [3.63, 3.8) is 0 Å². The number of hydrogen-bond donors (Lipinski definition) is 0. The van der Waals surface area contributed by atoms with E-state index >= 15 is 0 Å². The quantitative estimate of drug-likeness (QED) is 0.597. The molecule has 0 bridgehead atoms. The average Bonchev–Trinajstić information content (AvgIpc) is 2.05. The molecule has 0 aromatic heterocycles. The highest BCUT2D eigenvalue weighted by atomic mass is 16.5. The lowest BCUT2D eigenvalue weighted by molar-refractivity contribution is -0.0753. The lowest BCUT2D eigenvalue weighted by atomic mass is 9.65. The molecule has 0 spiro atoms. The van der Waals surface area contributed by atoms with Crippen LogP contribution < -0.4 is 0 Å². The zero-order valence-electron chi connectivity index (χ0n) is 7.38. The summed E-state index contributed by atoms with van der Waals surface area (Å²) in [6.07, 6.45) is 7.13. The second-order valence-corrected chi connectivity index (χ2v) is 3.98. The predicted octanol–water partition coefficient (Wildman–Crippen LogP) is 2.25. The van der Waals surface area contributed by atoms with E-state index < -0.39 is 0 Å². The largest absolute Gasteiger partial charge is 0.377 e. The van der Waals surface area contributed by atoms with Crippen molar-refractivity contribution in [1.29, 1.82) is 5.26 Å². The van der Waals surface area contributed by atoms with Crippen molar-refractivity contribution < 1.29 is 4.74 Å². The first-order valence-corrected chi connectivity index (χ1v) is 4.90. The van der Waals surface area contributed by atoms with Gasteiger partial charge in [0.2, 0.25) is 0 Å². The van der Waals surface area contributed by atoms with E-state index in [1.165, 1.54) is 19.3 Å². The van der Waals surface area contributed by atoms with Gasteiger partial charge in [0.15, 0.2) is 0 Å². The number of ether oxygens (including phenoxy) is 1. The fourth-order valence-corrected chi connectivity index (χ4v) is 2.24. The zero-order valence-corrected chi connectivity index (χ0v) is 7.38. The predicted molar refractivity (Wildman–Crippen MR) is 45.5 cm³/mol. The van der Waals surface area contributed by atoms with E-state index in [9.17, 15) is 0 Å². The summed E-state index contributed by atoms with van der Waals surface area (Å²) in [5.41, 5.74) is -0.0829. The van der Waals surface area contributed by atoms with Gasteiger partial charge in [-0.25, -0.2) is 0 Å². The molecule has 66 valence electrons. The maximum absolute atomic E-state index is 9.06. The molecule has 1 aliphatic carbocycles. The van der Waals surface area contributed by atoms with Crippen LogP contribution in [0.1, 0.15) is 38.5 Å². The van der Waals surface area contributed by atoms with Crippen molar-refractivity contribution in [1.82, 2.24) is 0 Å². The Kier molecular flexibility index (Phi) is 2.06. The SMILES string of the molecule is N#CC1(C2CCCCO2)CCC1. The van der Waals surface area contributed by atoms with E-state index in [1.54, 1.807) is 0 Å². The second kappa shape index (κ2) is 3.06. The fraction of sp³-hybridized carbons (Fsp3) is 0.900. The van der Waals surface area contributed by atoms with Crippen molar-refractivity contribution in [2.24, 2.45) is 5.41 Å². The summed E-state index contributed by atoms with van der Waals surface area (Å²) in [4.78, 5) is 0. The Balaban J connectivity index is 2.01. The van der Waals surface area contributed by atoms with E-state index in [0.29, 0.717) is 0 Å². The van der Waals surface area contributed by atoms with Crippen molar-refractivity contribution >= 4 is 0 Å². The van der Waals surface area contributed by atoms with Gasteiger partial charge in [0.25, 0.3) is 0 Å². The zero-order chi connectivity index (χ0) is 8.44. The van der Waals surface area contributed by atoms with Gasteiger partial charge < -0.3 is 4.74 Å². The third kappa shape index (κ3) is 1.13. The monoisotopic (exact) mass is 165 g/mol. The molecule has 0 N–H and O–H groups in total. The van der Waals surface area contributed by atoms with Crippen LogP contribution in [0.15, 0.2) is 0 Å². The fourth-order valence-electron chi connectivity index (χ4n) is 2.24. The van der Waals surface area contributed by atoms with Crippen LogP contribution in [0.25, 0.3) is 0 Å². The molecule has 2 nitrogen and oxygen atoms in total. The highest BCUT2D eigenvalue weighted by Gasteiger charge is 2.45. The maximum atomic E-state index is 9.06. The molecule has 1 unspecified atom stereocenters. The van der Waals surface area contributed by atoms with Crippen LogP contribution in [0.4, 0.5) is 0 Å². The van der Waals surface area contributed by atoms with E-state index in [0.717, 1.165) is 25.9 Å². The first-order chi connectivity index (χ1) is 5.87. The van der Waals surface area contributed by atoms with Crippen molar-refractivity contribution in [2.75, 3.05) is 6.61 Å². The Hall–Kier alpha value is -0.550. The molecule has 2 fully saturated rings. The molecule has 1 heterocycles.